The highest BCUT2D eigenvalue weighted by atomic mass is 79.9. The molecule has 0 atom stereocenters. The maximum atomic E-state index is 12.4. The average Bonchev–Trinajstić information content (AvgIpc) is 2.62. The van der Waals surface area contributed by atoms with Crippen LogP contribution in [0, 0.1) is 5.92 Å². The second kappa shape index (κ2) is 7.95. The molecule has 0 saturated heterocycles. The number of benzene rings is 2. The van der Waals surface area contributed by atoms with Crippen LogP contribution in [0.25, 0.3) is 0 Å². The van der Waals surface area contributed by atoms with E-state index in [2.05, 4.69) is 21.2 Å². The molecule has 1 saturated carbocycles. The molecule has 1 aliphatic carbocycles. The van der Waals surface area contributed by atoms with Crippen LogP contribution in [-0.2, 0) is 22.4 Å². The number of phenolic OH excluding ortho intramolecular Hbond substituents is 1. The lowest BCUT2D eigenvalue weighted by Crippen LogP contribution is -2.40. The molecule has 2 amide bonds. The van der Waals surface area contributed by atoms with Gasteiger partial charge in [-0.05, 0) is 61.1 Å². The molecule has 28 heavy (non-hydrogen) atoms. The number of carbonyl (C=O) groups is 2. The molecular weight excluding hydrogens is 420 g/mol. The van der Waals surface area contributed by atoms with Crippen LogP contribution >= 0.6 is 15.9 Å². The summed E-state index contributed by atoms with van der Waals surface area (Å²) < 4.78 is 0.768. The Morgan fingerprint density at radius 2 is 2.00 bits per heavy atom. The summed E-state index contributed by atoms with van der Waals surface area (Å²) in [6.07, 6.45) is 4.99. The van der Waals surface area contributed by atoms with Crippen molar-refractivity contribution in [2.75, 3.05) is 16.8 Å². The number of hydrogen-bond acceptors (Lipinski definition) is 3. The van der Waals surface area contributed by atoms with Crippen molar-refractivity contribution in [3.8, 4) is 5.75 Å². The van der Waals surface area contributed by atoms with E-state index < -0.39 is 0 Å². The molecule has 1 heterocycles. The number of phenols is 1. The molecule has 2 aromatic carbocycles. The van der Waals surface area contributed by atoms with Crippen LogP contribution in [0.3, 0.4) is 0 Å². The Kier molecular flexibility index (Phi) is 5.40. The standard InChI is InChI=1S/C22H23BrN2O3/c23-17-6-4-16(20(26)12-17)11-21(27)24-18-7-8-19-15(10-18)5-9-22(28)25(19)13-14-2-1-3-14/h4,6-8,10,12,14,26H,1-3,5,9,11,13H2,(H,24,27). The largest absolute Gasteiger partial charge is 0.508 e. The first-order valence-corrected chi connectivity index (χ1v) is 10.5. The highest BCUT2D eigenvalue weighted by molar-refractivity contribution is 9.10. The Balaban J connectivity index is 1.46. The zero-order valence-corrected chi connectivity index (χ0v) is 17.2. The number of fused-ring (bicyclic) bond motifs is 1. The van der Waals surface area contributed by atoms with Crippen LogP contribution in [-0.4, -0.2) is 23.5 Å². The van der Waals surface area contributed by atoms with Gasteiger partial charge in [0, 0.05) is 34.4 Å². The molecule has 2 N–H and O–H groups in total. The summed E-state index contributed by atoms with van der Waals surface area (Å²) in [6.45, 7) is 0.806. The van der Waals surface area contributed by atoms with Crippen LogP contribution in [0.4, 0.5) is 11.4 Å². The SMILES string of the molecule is O=C(Cc1ccc(Br)cc1O)Nc1ccc2c(c1)CCC(=O)N2CC1CCC1. The topological polar surface area (TPSA) is 69.6 Å². The van der Waals surface area contributed by atoms with Crippen molar-refractivity contribution in [3.63, 3.8) is 0 Å². The van der Waals surface area contributed by atoms with E-state index in [9.17, 15) is 14.7 Å². The minimum absolute atomic E-state index is 0.0973. The van der Waals surface area contributed by atoms with Gasteiger partial charge in [-0.25, -0.2) is 0 Å². The minimum Gasteiger partial charge on any atom is -0.508 e. The molecule has 1 fully saturated rings. The zero-order chi connectivity index (χ0) is 19.7. The highest BCUT2D eigenvalue weighted by Gasteiger charge is 2.29. The number of carbonyl (C=O) groups excluding carboxylic acids is 2. The lowest BCUT2D eigenvalue weighted by molar-refractivity contribution is -0.119. The predicted molar refractivity (Wildman–Crippen MR) is 113 cm³/mol. The second-order valence-electron chi connectivity index (χ2n) is 7.64. The lowest BCUT2D eigenvalue weighted by atomic mass is 9.84. The molecule has 4 rings (SSSR count). The third-order valence-corrected chi connectivity index (χ3v) is 6.12. The van der Waals surface area contributed by atoms with Crippen molar-refractivity contribution in [3.05, 3.63) is 52.0 Å². The van der Waals surface area contributed by atoms with Crippen molar-refractivity contribution in [1.29, 1.82) is 0 Å². The monoisotopic (exact) mass is 442 g/mol. The number of nitrogens with one attached hydrogen (secondary N) is 1. The summed E-state index contributed by atoms with van der Waals surface area (Å²) in [7, 11) is 0. The van der Waals surface area contributed by atoms with Crippen LogP contribution < -0.4 is 10.2 Å². The smallest absolute Gasteiger partial charge is 0.228 e. The molecule has 0 radical (unpaired) electrons. The van der Waals surface area contributed by atoms with E-state index in [0.29, 0.717) is 24.3 Å². The Morgan fingerprint density at radius 3 is 2.71 bits per heavy atom. The van der Waals surface area contributed by atoms with Gasteiger partial charge in [-0.1, -0.05) is 28.4 Å². The van der Waals surface area contributed by atoms with Gasteiger partial charge in [0.15, 0.2) is 0 Å². The molecule has 5 nitrogen and oxygen atoms in total. The van der Waals surface area contributed by atoms with Gasteiger partial charge in [-0.2, -0.15) is 0 Å². The average molecular weight is 443 g/mol. The molecule has 0 unspecified atom stereocenters. The van der Waals surface area contributed by atoms with Crippen LogP contribution in [0.5, 0.6) is 5.75 Å². The third-order valence-electron chi connectivity index (χ3n) is 5.63. The zero-order valence-electron chi connectivity index (χ0n) is 15.6. The Morgan fingerprint density at radius 1 is 1.18 bits per heavy atom. The van der Waals surface area contributed by atoms with E-state index in [4.69, 9.17) is 0 Å². The van der Waals surface area contributed by atoms with Gasteiger partial charge in [-0.3, -0.25) is 9.59 Å². The first-order chi connectivity index (χ1) is 13.5. The van der Waals surface area contributed by atoms with Gasteiger partial charge in [0.25, 0.3) is 0 Å². The van der Waals surface area contributed by atoms with Crippen LogP contribution in [0.2, 0.25) is 0 Å². The van der Waals surface area contributed by atoms with Gasteiger partial charge < -0.3 is 15.3 Å². The second-order valence-corrected chi connectivity index (χ2v) is 8.56. The summed E-state index contributed by atoms with van der Waals surface area (Å²) in [6, 6.07) is 10.9. The Hall–Kier alpha value is -2.34. The molecule has 2 aliphatic rings. The van der Waals surface area contributed by atoms with Gasteiger partial charge in [0.1, 0.15) is 5.75 Å². The fourth-order valence-electron chi connectivity index (χ4n) is 3.84. The Labute approximate surface area is 172 Å². The summed E-state index contributed by atoms with van der Waals surface area (Å²) in [5, 5.41) is 12.9. The van der Waals surface area contributed by atoms with Gasteiger partial charge >= 0.3 is 0 Å². The number of aromatic hydroxyl groups is 1. The number of rotatable bonds is 5. The number of nitrogens with zero attached hydrogens (tertiary/aromatic N) is 1. The Bertz CT molecular complexity index is 924. The fraction of sp³-hybridized carbons (Fsp3) is 0.364. The molecule has 0 bridgehead atoms. The quantitative estimate of drug-likeness (QED) is 0.719. The van der Waals surface area contributed by atoms with E-state index in [-0.39, 0.29) is 24.0 Å². The number of hydrogen-bond donors (Lipinski definition) is 2. The maximum Gasteiger partial charge on any atom is 0.228 e. The molecule has 6 heteroatoms. The number of aryl methyl sites for hydroxylation is 1. The van der Waals surface area contributed by atoms with Crippen molar-refractivity contribution < 1.29 is 14.7 Å². The number of halogens is 1. The van der Waals surface area contributed by atoms with E-state index in [1.54, 1.807) is 18.2 Å². The lowest BCUT2D eigenvalue weighted by Gasteiger charge is -2.35. The number of anilines is 2. The van der Waals surface area contributed by atoms with Gasteiger partial charge in [-0.15, -0.1) is 0 Å². The van der Waals surface area contributed by atoms with Gasteiger partial charge in [0.2, 0.25) is 11.8 Å². The molecular formula is C22H23BrN2O3. The maximum absolute atomic E-state index is 12.4. The fourth-order valence-corrected chi connectivity index (χ4v) is 4.19. The normalized spacial score (nSPS) is 16.5. The first-order valence-electron chi connectivity index (χ1n) is 9.70. The van der Waals surface area contributed by atoms with Crippen molar-refractivity contribution in [1.82, 2.24) is 0 Å². The van der Waals surface area contributed by atoms with E-state index in [1.807, 2.05) is 23.1 Å². The van der Waals surface area contributed by atoms with E-state index >= 15 is 0 Å². The van der Waals surface area contributed by atoms with Crippen molar-refractivity contribution in [2.24, 2.45) is 5.92 Å². The van der Waals surface area contributed by atoms with Crippen LogP contribution in [0.1, 0.15) is 36.8 Å². The third kappa shape index (κ3) is 4.07. The number of amides is 2. The molecule has 2 aromatic rings. The van der Waals surface area contributed by atoms with E-state index in [1.165, 1.54) is 19.3 Å². The molecule has 146 valence electrons. The molecule has 0 spiro atoms. The highest BCUT2D eigenvalue weighted by Crippen LogP contribution is 2.34. The summed E-state index contributed by atoms with van der Waals surface area (Å²) in [4.78, 5) is 26.7. The predicted octanol–water partition coefficient (Wildman–Crippen LogP) is 4.42. The first kappa shape index (κ1) is 19.0. The summed E-state index contributed by atoms with van der Waals surface area (Å²) >= 11 is 3.29. The van der Waals surface area contributed by atoms with Crippen molar-refractivity contribution in [2.45, 2.75) is 38.5 Å². The van der Waals surface area contributed by atoms with Crippen molar-refractivity contribution >= 4 is 39.1 Å². The van der Waals surface area contributed by atoms with E-state index in [0.717, 1.165) is 28.0 Å². The molecule has 1 aliphatic heterocycles. The minimum atomic E-state index is -0.184. The van der Waals surface area contributed by atoms with Gasteiger partial charge in [0.05, 0.1) is 6.42 Å². The summed E-state index contributed by atoms with van der Waals surface area (Å²) in [5.74, 6) is 0.727. The van der Waals surface area contributed by atoms with Crippen LogP contribution in [0.15, 0.2) is 40.9 Å². The summed E-state index contributed by atoms with van der Waals surface area (Å²) in [5.41, 5.74) is 3.38. The molecule has 0 aromatic heterocycles.